The summed E-state index contributed by atoms with van der Waals surface area (Å²) < 4.78 is 23.1. The lowest BCUT2D eigenvalue weighted by molar-refractivity contribution is 0.545. The molecular weight excluding hydrogens is 184 g/mol. The zero-order valence-electron chi connectivity index (χ0n) is 8.38. The van der Waals surface area contributed by atoms with Crippen LogP contribution in [-0.2, 0) is 9.84 Å². The smallest absolute Gasteiger partial charge is 0.157 e. The van der Waals surface area contributed by atoms with Crippen molar-refractivity contribution < 1.29 is 8.42 Å². The molecule has 0 aromatic carbocycles. The van der Waals surface area contributed by atoms with E-state index in [0.29, 0.717) is 5.75 Å². The van der Waals surface area contributed by atoms with Crippen molar-refractivity contribution in [3.8, 4) is 0 Å². The third-order valence-electron chi connectivity index (χ3n) is 2.62. The van der Waals surface area contributed by atoms with E-state index in [0.717, 1.165) is 50.2 Å². The molecule has 0 bridgehead atoms. The van der Waals surface area contributed by atoms with Crippen LogP contribution in [-0.4, -0.2) is 14.2 Å². The minimum Gasteiger partial charge on any atom is -0.228 e. The van der Waals surface area contributed by atoms with Gasteiger partial charge in [-0.3, -0.25) is 0 Å². The SMILES string of the molecule is CCCCCCS(=O)(=O)[C]1CCC1. The van der Waals surface area contributed by atoms with E-state index >= 15 is 0 Å². The Morgan fingerprint density at radius 3 is 2.31 bits per heavy atom. The number of hydrogen-bond donors (Lipinski definition) is 0. The molecular formula is C10H19O2S. The minimum absolute atomic E-state index is 0.391. The summed E-state index contributed by atoms with van der Waals surface area (Å²) in [5.41, 5.74) is 0. The van der Waals surface area contributed by atoms with Crippen molar-refractivity contribution in [1.82, 2.24) is 0 Å². The molecule has 0 N–H and O–H groups in total. The maximum atomic E-state index is 11.5. The van der Waals surface area contributed by atoms with E-state index in [-0.39, 0.29) is 0 Å². The molecule has 0 aromatic rings. The lowest BCUT2D eigenvalue weighted by atomic mass is 10.00. The van der Waals surface area contributed by atoms with Gasteiger partial charge in [-0.05, 0) is 19.3 Å². The van der Waals surface area contributed by atoms with Crippen LogP contribution in [0.5, 0.6) is 0 Å². The Hall–Kier alpha value is -0.0500. The van der Waals surface area contributed by atoms with Crippen LogP contribution in [0.15, 0.2) is 0 Å². The van der Waals surface area contributed by atoms with E-state index in [9.17, 15) is 8.42 Å². The van der Waals surface area contributed by atoms with Gasteiger partial charge in [-0.25, -0.2) is 8.42 Å². The summed E-state index contributed by atoms with van der Waals surface area (Å²) in [5, 5.41) is 0.809. The van der Waals surface area contributed by atoms with Crippen molar-refractivity contribution >= 4 is 9.84 Å². The molecule has 0 saturated heterocycles. The van der Waals surface area contributed by atoms with Gasteiger partial charge in [0.2, 0.25) is 0 Å². The number of hydrogen-bond acceptors (Lipinski definition) is 2. The molecule has 2 nitrogen and oxygen atoms in total. The molecule has 0 atom stereocenters. The molecule has 0 amide bonds. The summed E-state index contributed by atoms with van der Waals surface area (Å²) in [6, 6.07) is 0. The van der Waals surface area contributed by atoms with Gasteiger partial charge < -0.3 is 0 Å². The largest absolute Gasteiger partial charge is 0.228 e. The lowest BCUT2D eigenvalue weighted by Gasteiger charge is -2.23. The highest BCUT2D eigenvalue weighted by Gasteiger charge is 2.31. The quantitative estimate of drug-likeness (QED) is 0.622. The van der Waals surface area contributed by atoms with Crippen molar-refractivity contribution in [3.05, 3.63) is 5.25 Å². The highest BCUT2D eigenvalue weighted by molar-refractivity contribution is 7.94. The maximum absolute atomic E-state index is 11.5. The second kappa shape index (κ2) is 4.99. The van der Waals surface area contributed by atoms with Gasteiger partial charge in [0.1, 0.15) is 0 Å². The van der Waals surface area contributed by atoms with Gasteiger partial charge in [0.15, 0.2) is 9.84 Å². The highest BCUT2D eigenvalue weighted by Crippen LogP contribution is 2.34. The van der Waals surface area contributed by atoms with Crippen LogP contribution in [0.1, 0.15) is 51.9 Å². The van der Waals surface area contributed by atoms with Gasteiger partial charge in [-0.1, -0.05) is 32.6 Å². The van der Waals surface area contributed by atoms with Crippen molar-refractivity contribution in [1.29, 1.82) is 0 Å². The average Bonchev–Trinajstić information content (AvgIpc) is 1.93. The summed E-state index contributed by atoms with van der Waals surface area (Å²) in [6.45, 7) is 2.13. The molecule has 1 saturated carbocycles. The molecule has 0 spiro atoms. The maximum Gasteiger partial charge on any atom is 0.157 e. The topological polar surface area (TPSA) is 34.1 Å². The van der Waals surface area contributed by atoms with Crippen LogP contribution < -0.4 is 0 Å². The average molecular weight is 203 g/mol. The lowest BCUT2D eigenvalue weighted by Crippen LogP contribution is -2.22. The first kappa shape index (κ1) is 11.0. The molecule has 0 unspecified atom stereocenters. The Bertz CT molecular complexity index is 227. The van der Waals surface area contributed by atoms with E-state index < -0.39 is 9.84 Å². The second-order valence-corrected chi connectivity index (χ2v) is 5.99. The standard InChI is InChI=1S/C10H19O2S/c1-2-3-4-5-9-13(11,12)10-7-6-8-10/h2-9H2,1H3. The van der Waals surface area contributed by atoms with E-state index in [4.69, 9.17) is 0 Å². The second-order valence-electron chi connectivity index (χ2n) is 3.77. The van der Waals surface area contributed by atoms with Crippen molar-refractivity contribution in [2.75, 3.05) is 5.75 Å². The molecule has 77 valence electrons. The van der Waals surface area contributed by atoms with Gasteiger partial charge >= 0.3 is 0 Å². The molecule has 1 radical (unpaired) electrons. The van der Waals surface area contributed by atoms with Gasteiger partial charge in [-0.2, -0.15) is 0 Å². The van der Waals surface area contributed by atoms with E-state index in [2.05, 4.69) is 6.92 Å². The highest BCUT2D eigenvalue weighted by atomic mass is 32.2. The number of sulfone groups is 1. The molecule has 13 heavy (non-hydrogen) atoms. The third-order valence-corrected chi connectivity index (χ3v) is 4.73. The van der Waals surface area contributed by atoms with Crippen molar-refractivity contribution in [2.45, 2.75) is 51.9 Å². The Labute approximate surface area is 81.6 Å². The van der Waals surface area contributed by atoms with Crippen LogP contribution in [0.25, 0.3) is 0 Å². The molecule has 0 aromatic heterocycles. The summed E-state index contributed by atoms with van der Waals surface area (Å²) in [6.07, 6.45) is 6.96. The monoisotopic (exact) mass is 203 g/mol. The molecule has 1 fully saturated rings. The van der Waals surface area contributed by atoms with Crippen LogP contribution in [0.4, 0.5) is 0 Å². The number of unbranched alkanes of at least 4 members (excludes halogenated alkanes) is 3. The van der Waals surface area contributed by atoms with Crippen molar-refractivity contribution in [3.63, 3.8) is 0 Å². The Balaban J connectivity index is 2.18. The number of rotatable bonds is 6. The molecule has 1 aliphatic rings. The summed E-state index contributed by atoms with van der Waals surface area (Å²) in [5.74, 6) is 0.391. The fourth-order valence-electron chi connectivity index (χ4n) is 1.50. The predicted molar refractivity (Wildman–Crippen MR) is 55.0 cm³/mol. The van der Waals surface area contributed by atoms with Crippen LogP contribution in [0, 0.1) is 5.25 Å². The summed E-state index contributed by atoms with van der Waals surface area (Å²) >= 11 is 0. The van der Waals surface area contributed by atoms with Crippen molar-refractivity contribution in [2.24, 2.45) is 0 Å². The first-order valence-electron chi connectivity index (χ1n) is 5.24. The zero-order valence-corrected chi connectivity index (χ0v) is 9.20. The van der Waals surface area contributed by atoms with Gasteiger partial charge in [-0.15, -0.1) is 0 Å². The minimum atomic E-state index is -2.79. The zero-order chi connectivity index (χ0) is 9.73. The molecule has 3 heteroatoms. The van der Waals surface area contributed by atoms with Crippen LogP contribution >= 0.6 is 0 Å². The van der Waals surface area contributed by atoms with Crippen LogP contribution in [0.2, 0.25) is 0 Å². The molecule has 1 rings (SSSR count). The molecule has 0 aliphatic heterocycles. The first-order chi connectivity index (χ1) is 6.17. The third kappa shape index (κ3) is 3.29. The normalized spacial score (nSPS) is 18.5. The van der Waals surface area contributed by atoms with E-state index in [1.54, 1.807) is 0 Å². The fourth-order valence-corrected chi connectivity index (χ4v) is 3.28. The van der Waals surface area contributed by atoms with E-state index in [1.807, 2.05) is 0 Å². The van der Waals surface area contributed by atoms with Gasteiger partial charge in [0.05, 0.1) is 11.0 Å². The Kier molecular flexibility index (Phi) is 4.23. The molecule has 1 aliphatic carbocycles. The fraction of sp³-hybridized carbons (Fsp3) is 0.900. The summed E-state index contributed by atoms with van der Waals surface area (Å²) in [4.78, 5) is 0. The molecule has 0 heterocycles. The Morgan fingerprint density at radius 1 is 1.15 bits per heavy atom. The van der Waals surface area contributed by atoms with Crippen LogP contribution in [0.3, 0.4) is 0 Å². The van der Waals surface area contributed by atoms with E-state index in [1.165, 1.54) is 0 Å². The summed E-state index contributed by atoms with van der Waals surface area (Å²) in [7, 11) is -2.79. The Morgan fingerprint density at radius 2 is 1.85 bits per heavy atom. The predicted octanol–water partition coefficient (Wildman–Crippen LogP) is 2.70. The first-order valence-corrected chi connectivity index (χ1v) is 6.89. The van der Waals surface area contributed by atoms with Gasteiger partial charge in [0, 0.05) is 0 Å². The van der Waals surface area contributed by atoms with Gasteiger partial charge in [0.25, 0.3) is 0 Å².